The van der Waals surface area contributed by atoms with Crippen LogP contribution in [0.5, 0.6) is 0 Å². The minimum absolute atomic E-state index is 0.270. The van der Waals surface area contributed by atoms with Crippen LogP contribution in [0.3, 0.4) is 0 Å². The van der Waals surface area contributed by atoms with Gasteiger partial charge in [-0.3, -0.25) is 0 Å². The third-order valence-corrected chi connectivity index (χ3v) is 5.43. The first kappa shape index (κ1) is 19.0. The van der Waals surface area contributed by atoms with Crippen LogP contribution in [0.2, 0.25) is 0 Å². The van der Waals surface area contributed by atoms with Gasteiger partial charge in [0.15, 0.2) is 0 Å². The van der Waals surface area contributed by atoms with Crippen molar-refractivity contribution in [2.75, 3.05) is 13.1 Å². The van der Waals surface area contributed by atoms with Gasteiger partial charge in [-0.1, -0.05) is 41.9 Å². The summed E-state index contributed by atoms with van der Waals surface area (Å²) in [5, 5.41) is 0. The molecular weight excluding hydrogens is 329 g/mol. The second-order valence-corrected chi connectivity index (χ2v) is 8.01. The molecule has 2 saturated heterocycles. The fourth-order valence-electron chi connectivity index (χ4n) is 3.15. The van der Waals surface area contributed by atoms with Crippen molar-refractivity contribution in [1.82, 2.24) is 4.90 Å². The molecule has 0 atom stereocenters. The molecule has 0 spiro atoms. The molecule has 140 valence electrons. The molecule has 0 aromatic heterocycles. The summed E-state index contributed by atoms with van der Waals surface area (Å²) < 4.78 is 17.5. The van der Waals surface area contributed by atoms with Gasteiger partial charge in [-0.15, -0.1) is 0 Å². The quantitative estimate of drug-likeness (QED) is 0.768. The van der Waals surface area contributed by atoms with Crippen LogP contribution < -0.4 is 0 Å². The molecule has 0 saturated carbocycles. The molecule has 0 N–H and O–H groups in total. The van der Waals surface area contributed by atoms with Gasteiger partial charge in [0.1, 0.15) is 6.61 Å². The van der Waals surface area contributed by atoms with Crippen molar-refractivity contribution in [1.29, 1.82) is 0 Å². The fraction of sp³-hybridized carbons (Fsp3) is 0.550. The van der Waals surface area contributed by atoms with Gasteiger partial charge in [0, 0.05) is 13.1 Å². The maximum atomic E-state index is 12.4. The van der Waals surface area contributed by atoms with E-state index in [1.165, 1.54) is 0 Å². The first-order valence-corrected chi connectivity index (χ1v) is 9.28. The Kier molecular flexibility index (Phi) is 5.44. The van der Waals surface area contributed by atoms with Crippen LogP contribution in [0.15, 0.2) is 41.9 Å². The Labute approximate surface area is 156 Å². The Morgan fingerprint density at radius 2 is 1.85 bits per heavy atom. The summed E-state index contributed by atoms with van der Waals surface area (Å²) >= 11 is 0. The lowest BCUT2D eigenvalue weighted by molar-refractivity contribution is 0.00578. The van der Waals surface area contributed by atoms with Crippen LogP contribution in [0.4, 0.5) is 4.79 Å². The van der Waals surface area contributed by atoms with Crippen LogP contribution in [-0.4, -0.2) is 42.4 Å². The van der Waals surface area contributed by atoms with E-state index in [4.69, 9.17) is 14.0 Å². The average molecular weight is 357 g/mol. The Hall–Kier alpha value is -1.79. The lowest BCUT2D eigenvalue weighted by Gasteiger charge is -2.32. The van der Waals surface area contributed by atoms with E-state index in [9.17, 15) is 4.79 Å². The van der Waals surface area contributed by atoms with Crippen LogP contribution in [0.25, 0.3) is 0 Å². The van der Waals surface area contributed by atoms with Gasteiger partial charge in [-0.2, -0.15) is 0 Å². The minimum atomic E-state index is -0.365. The highest BCUT2D eigenvalue weighted by atomic mass is 16.7. The number of amides is 1. The summed E-state index contributed by atoms with van der Waals surface area (Å²) in [4.78, 5) is 14.1. The van der Waals surface area contributed by atoms with Gasteiger partial charge >= 0.3 is 13.2 Å². The number of hydrogen-bond donors (Lipinski definition) is 0. The molecule has 2 fully saturated rings. The summed E-state index contributed by atoms with van der Waals surface area (Å²) in [6.45, 7) is 9.75. The zero-order chi connectivity index (χ0) is 18.8. The van der Waals surface area contributed by atoms with E-state index in [-0.39, 0.29) is 24.4 Å². The minimum Gasteiger partial charge on any atom is -0.445 e. The van der Waals surface area contributed by atoms with E-state index in [2.05, 4.69) is 0 Å². The smallest absolute Gasteiger partial charge is 0.445 e. The van der Waals surface area contributed by atoms with Crippen LogP contribution >= 0.6 is 0 Å². The van der Waals surface area contributed by atoms with E-state index >= 15 is 0 Å². The Morgan fingerprint density at radius 3 is 2.50 bits per heavy atom. The zero-order valence-corrected chi connectivity index (χ0v) is 16.2. The standard InChI is InChI=1S/C20H28BNO4/c1-19(2)20(3,4)26-21(25-19)13-17-11-8-12-22(14-17)18(23)24-15-16-9-6-5-7-10-16/h5-7,9-10,13H,8,11-12,14-15H2,1-4H3/b17-13-. The number of hydrogen-bond acceptors (Lipinski definition) is 4. The molecule has 2 heterocycles. The second-order valence-electron chi connectivity index (χ2n) is 8.01. The number of nitrogens with zero attached hydrogens (tertiary/aromatic N) is 1. The number of carbonyl (C=O) groups excluding carboxylic acids is 1. The van der Waals surface area contributed by atoms with Gasteiger partial charge < -0.3 is 18.9 Å². The highest BCUT2D eigenvalue weighted by Crippen LogP contribution is 2.37. The molecule has 3 rings (SSSR count). The van der Waals surface area contributed by atoms with Gasteiger partial charge in [0.2, 0.25) is 0 Å². The molecule has 1 aromatic carbocycles. The first-order valence-electron chi connectivity index (χ1n) is 9.28. The van der Waals surface area contributed by atoms with E-state index in [1.807, 2.05) is 64.0 Å². The molecule has 0 bridgehead atoms. The van der Waals surface area contributed by atoms with E-state index in [0.717, 1.165) is 24.0 Å². The maximum Gasteiger partial charge on any atom is 0.487 e. The molecule has 0 aliphatic carbocycles. The molecule has 26 heavy (non-hydrogen) atoms. The number of piperidine rings is 1. The zero-order valence-electron chi connectivity index (χ0n) is 16.2. The highest BCUT2D eigenvalue weighted by molar-refractivity contribution is 6.51. The fourth-order valence-corrected chi connectivity index (χ4v) is 3.15. The predicted octanol–water partition coefficient (Wildman–Crippen LogP) is 3.98. The Balaban J connectivity index is 1.56. The van der Waals surface area contributed by atoms with Gasteiger partial charge in [-0.25, -0.2) is 4.79 Å². The number of likely N-dealkylation sites (tertiary alicyclic amines) is 1. The molecule has 0 unspecified atom stereocenters. The maximum absolute atomic E-state index is 12.4. The topological polar surface area (TPSA) is 48.0 Å². The summed E-state index contributed by atoms with van der Waals surface area (Å²) in [5.74, 6) is 2.02. The van der Waals surface area contributed by atoms with Crippen molar-refractivity contribution >= 4 is 13.2 Å². The van der Waals surface area contributed by atoms with Crippen LogP contribution in [0.1, 0.15) is 46.1 Å². The van der Waals surface area contributed by atoms with E-state index in [0.29, 0.717) is 19.7 Å². The third kappa shape index (κ3) is 4.30. The van der Waals surface area contributed by atoms with Gasteiger partial charge in [0.05, 0.1) is 11.2 Å². The van der Waals surface area contributed by atoms with Crippen molar-refractivity contribution in [3.8, 4) is 0 Å². The average Bonchev–Trinajstić information content (AvgIpc) is 2.80. The molecule has 2 aliphatic heterocycles. The van der Waals surface area contributed by atoms with Crippen molar-refractivity contribution < 1.29 is 18.8 Å². The number of benzene rings is 1. The first-order chi connectivity index (χ1) is 12.3. The molecular formula is C20H28BNO4. The van der Waals surface area contributed by atoms with Gasteiger partial charge in [0.25, 0.3) is 0 Å². The van der Waals surface area contributed by atoms with Crippen molar-refractivity contribution in [2.45, 2.75) is 58.3 Å². The molecule has 0 radical (unpaired) electrons. The monoisotopic (exact) mass is 357 g/mol. The summed E-state index contributed by atoms with van der Waals surface area (Å²) in [7, 11) is -0.365. The van der Waals surface area contributed by atoms with E-state index in [1.54, 1.807) is 4.90 Å². The third-order valence-electron chi connectivity index (χ3n) is 5.43. The second kappa shape index (κ2) is 7.45. The molecule has 1 amide bonds. The largest absolute Gasteiger partial charge is 0.487 e. The summed E-state index contributed by atoms with van der Waals surface area (Å²) in [6, 6.07) is 9.73. The van der Waals surface area contributed by atoms with Crippen LogP contribution in [-0.2, 0) is 20.7 Å². The van der Waals surface area contributed by atoms with Gasteiger partial charge in [-0.05, 0) is 46.1 Å². The molecule has 6 heteroatoms. The van der Waals surface area contributed by atoms with Crippen LogP contribution in [0, 0.1) is 0 Å². The summed E-state index contributed by atoms with van der Waals surface area (Å²) in [6.07, 6.45) is 1.60. The SMILES string of the molecule is CC1(C)OB(/C=C2/CCCN(C(=O)OCc3ccccc3)C2)OC1(C)C. The normalized spacial score (nSPS) is 23.3. The highest BCUT2D eigenvalue weighted by Gasteiger charge is 2.50. The number of ether oxygens (including phenoxy) is 1. The Bertz CT molecular complexity index is 656. The lowest BCUT2D eigenvalue weighted by Crippen LogP contribution is -2.41. The predicted molar refractivity (Wildman–Crippen MR) is 102 cm³/mol. The number of carbonyl (C=O) groups is 1. The van der Waals surface area contributed by atoms with Crippen molar-refractivity contribution in [3.05, 3.63) is 47.4 Å². The Morgan fingerprint density at radius 1 is 1.19 bits per heavy atom. The lowest BCUT2D eigenvalue weighted by atomic mass is 9.85. The summed E-state index contributed by atoms with van der Waals surface area (Å²) in [5.41, 5.74) is 1.45. The molecule has 1 aromatic rings. The van der Waals surface area contributed by atoms with E-state index < -0.39 is 0 Å². The van der Waals surface area contributed by atoms with Crippen molar-refractivity contribution in [2.24, 2.45) is 0 Å². The number of rotatable bonds is 3. The molecule has 5 nitrogen and oxygen atoms in total. The van der Waals surface area contributed by atoms with Crippen molar-refractivity contribution in [3.63, 3.8) is 0 Å². The molecule has 2 aliphatic rings.